The number of carbonyl (C=O) groups excluding carboxylic acids is 1. The molecular weight excluding hydrogens is 340 g/mol. The summed E-state index contributed by atoms with van der Waals surface area (Å²) in [6, 6.07) is 9.08. The summed E-state index contributed by atoms with van der Waals surface area (Å²) in [5.74, 6) is -0.116. The third-order valence-corrected chi connectivity index (χ3v) is 5.09. The number of amides is 1. The van der Waals surface area contributed by atoms with Crippen LogP contribution in [0, 0.1) is 0 Å². The largest absolute Gasteiger partial charge is 0.385 e. The monoisotopic (exact) mass is 356 g/mol. The number of rotatable bonds is 2. The van der Waals surface area contributed by atoms with Gasteiger partial charge in [-0.3, -0.25) is 4.79 Å². The van der Waals surface area contributed by atoms with Crippen LogP contribution in [0.15, 0.2) is 48.9 Å². The highest BCUT2D eigenvalue weighted by Crippen LogP contribution is 2.37. The molecule has 0 bridgehead atoms. The fraction of sp³-hybridized carbons (Fsp3) is 0.278. The van der Waals surface area contributed by atoms with Crippen molar-refractivity contribution in [2.75, 3.05) is 13.1 Å². The summed E-state index contributed by atoms with van der Waals surface area (Å²) in [5.41, 5.74) is 0.735. The van der Waals surface area contributed by atoms with Crippen molar-refractivity contribution in [3.8, 4) is 0 Å². The summed E-state index contributed by atoms with van der Waals surface area (Å²) in [5, 5.41) is 15.7. The van der Waals surface area contributed by atoms with E-state index in [0.717, 1.165) is 5.56 Å². The van der Waals surface area contributed by atoms with E-state index < -0.39 is 5.60 Å². The lowest BCUT2D eigenvalue weighted by Crippen LogP contribution is -2.45. The molecule has 1 fully saturated rings. The second kappa shape index (κ2) is 6.13. The van der Waals surface area contributed by atoms with Crippen LogP contribution in [0.3, 0.4) is 0 Å². The van der Waals surface area contributed by atoms with E-state index in [2.05, 4.69) is 10.1 Å². The number of hydrogen-bond donors (Lipinski definition) is 1. The maximum absolute atomic E-state index is 12.8. The first-order valence-corrected chi connectivity index (χ1v) is 8.51. The number of benzene rings is 1. The third-order valence-electron chi connectivity index (χ3n) is 4.76. The highest BCUT2D eigenvalue weighted by molar-refractivity contribution is 6.31. The Morgan fingerprint density at radius 1 is 1.20 bits per heavy atom. The van der Waals surface area contributed by atoms with Crippen LogP contribution >= 0.6 is 11.6 Å². The summed E-state index contributed by atoms with van der Waals surface area (Å²) in [6.45, 7) is 0.898. The Kier molecular flexibility index (Phi) is 3.94. The van der Waals surface area contributed by atoms with Gasteiger partial charge in [-0.1, -0.05) is 29.8 Å². The van der Waals surface area contributed by atoms with Gasteiger partial charge in [0, 0.05) is 36.1 Å². The average Bonchev–Trinajstić information content (AvgIpc) is 3.06. The molecular formula is C18H17ClN4O2. The van der Waals surface area contributed by atoms with Gasteiger partial charge in [-0.15, -0.1) is 0 Å². The molecule has 0 saturated carbocycles. The first-order valence-electron chi connectivity index (χ1n) is 8.13. The third kappa shape index (κ3) is 2.77. The standard InChI is InChI=1S/C18H17ClN4O2/c19-15-5-2-1-4-14(15)18(25)6-10-22(11-7-18)17(24)13-12-21-23-9-3-8-20-16(13)23/h1-5,8-9,12,25H,6-7,10-11H2. The Morgan fingerprint density at radius 3 is 2.72 bits per heavy atom. The van der Waals surface area contributed by atoms with E-state index in [9.17, 15) is 9.90 Å². The molecule has 3 heterocycles. The van der Waals surface area contributed by atoms with E-state index in [4.69, 9.17) is 11.6 Å². The fourth-order valence-electron chi connectivity index (χ4n) is 3.34. The molecule has 3 aromatic rings. The zero-order valence-electron chi connectivity index (χ0n) is 13.5. The molecule has 128 valence electrons. The fourth-order valence-corrected chi connectivity index (χ4v) is 3.65. The number of halogens is 1. The molecule has 2 aromatic heterocycles. The van der Waals surface area contributed by atoms with Gasteiger partial charge in [0.05, 0.1) is 11.8 Å². The SMILES string of the molecule is O=C(c1cnn2cccnc12)N1CCC(O)(c2ccccc2Cl)CC1. The van der Waals surface area contributed by atoms with Crippen LogP contribution in [0.4, 0.5) is 0 Å². The number of aromatic nitrogens is 3. The smallest absolute Gasteiger partial charge is 0.259 e. The lowest BCUT2D eigenvalue weighted by atomic mass is 9.84. The number of carbonyl (C=O) groups is 1. The van der Waals surface area contributed by atoms with Crippen LogP contribution in [0.1, 0.15) is 28.8 Å². The van der Waals surface area contributed by atoms with E-state index in [-0.39, 0.29) is 5.91 Å². The Bertz CT molecular complexity index is 931. The topological polar surface area (TPSA) is 70.7 Å². The van der Waals surface area contributed by atoms with Crippen molar-refractivity contribution in [2.45, 2.75) is 18.4 Å². The molecule has 0 aliphatic carbocycles. The van der Waals surface area contributed by atoms with Gasteiger partial charge in [-0.2, -0.15) is 5.10 Å². The van der Waals surface area contributed by atoms with Crippen molar-refractivity contribution in [1.82, 2.24) is 19.5 Å². The van der Waals surface area contributed by atoms with Crippen molar-refractivity contribution >= 4 is 23.2 Å². The van der Waals surface area contributed by atoms with Crippen molar-refractivity contribution in [3.05, 3.63) is 65.1 Å². The molecule has 1 aromatic carbocycles. The Hall–Kier alpha value is -2.44. The quantitative estimate of drug-likeness (QED) is 0.766. The number of aliphatic hydroxyl groups is 1. The van der Waals surface area contributed by atoms with Crippen LogP contribution in [-0.2, 0) is 5.60 Å². The summed E-state index contributed by atoms with van der Waals surface area (Å²) in [4.78, 5) is 18.8. The zero-order chi connectivity index (χ0) is 17.4. The van der Waals surface area contributed by atoms with Crippen molar-refractivity contribution < 1.29 is 9.90 Å². The zero-order valence-corrected chi connectivity index (χ0v) is 14.2. The molecule has 0 radical (unpaired) electrons. The van der Waals surface area contributed by atoms with Crippen LogP contribution in [-0.4, -0.2) is 43.6 Å². The summed E-state index contributed by atoms with van der Waals surface area (Å²) in [6.07, 6.45) is 5.81. The predicted molar refractivity (Wildman–Crippen MR) is 93.5 cm³/mol. The molecule has 7 heteroatoms. The lowest BCUT2D eigenvalue weighted by molar-refractivity contribution is -0.0210. The van der Waals surface area contributed by atoms with Crippen molar-refractivity contribution in [1.29, 1.82) is 0 Å². The van der Waals surface area contributed by atoms with E-state index in [1.807, 2.05) is 18.2 Å². The van der Waals surface area contributed by atoms with Gasteiger partial charge < -0.3 is 10.0 Å². The van der Waals surface area contributed by atoms with Gasteiger partial charge in [-0.25, -0.2) is 9.50 Å². The molecule has 1 amide bonds. The van der Waals surface area contributed by atoms with E-state index >= 15 is 0 Å². The van der Waals surface area contributed by atoms with E-state index in [1.54, 1.807) is 40.1 Å². The summed E-state index contributed by atoms with van der Waals surface area (Å²) >= 11 is 6.23. The van der Waals surface area contributed by atoms with Gasteiger partial charge in [0.15, 0.2) is 5.65 Å². The minimum Gasteiger partial charge on any atom is -0.385 e. The number of piperidine rings is 1. The van der Waals surface area contributed by atoms with Crippen LogP contribution in [0.2, 0.25) is 5.02 Å². The molecule has 1 N–H and O–H groups in total. The number of hydrogen-bond acceptors (Lipinski definition) is 4. The normalized spacial score (nSPS) is 17.0. The van der Waals surface area contributed by atoms with Gasteiger partial charge in [0.25, 0.3) is 5.91 Å². The van der Waals surface area contributed by atoms with Gasteiger partial charge in [0.2, 0.25) is 0 Å². The average molecular weight is 357 g/mol. The maximum atomic E-state index is 12.8. The molecule has 1 aliphatic rings. The molecule has 0 atom stereocenters. The second-order valence-corrected chi connectivity index (χ2v) is 6.66. The second-order valence-electron chi connectivity index (χ2n) is 6.25. The highest BCUT2D eigenvalue weighted by Gasteiger charge is 2.37. The van der Waals surface area contributed by atoms with Gasteiger partial charge in [-0.05, 0) is 25.0 Å². The molecule has 0 unspecified atom stereocenters. The van der Waals surface area contributed by atoms with Crippen molar-refractivity contribution in [3.63, 3.8) is 0 Å². The van der Waals surface area contributed by atoms with Gasteiger partial charge in [0.1, 0.15) is 5.56 Å². The molecule has 6 nitrogen and oxygen atoms in total. The van der Waals surface area contributed by atoms with E-state index in [0.29, 0.717) is 42.2 Å². The van der Waals surface area contributed by atoms with E-state index in [1.165, 1.54) is 0 Å². The molecule has 4 rings (SSSR count). The van der Waals surface area contributed by atoms with Gasteiger partial charge >= 0.3 is 0 Å². The Labute approximate surface area is 149 Å². The van der Waals surface area contributed by atoms with Crippen LogP contribution in [0.25, 0.3) is 5.65 Å². The number of likely N-dealkylation sites (tertiary alicyclic amines) is 1. The molecule has 1 saturated heterocycles. The van der Waals surface area contributed by atoms with Crippen molar-refractivity contribution in [2.24, 2.45) is 0 Å². The number of fused-ring (bicyclic) bond motifs is 1. The minimum atomic E-state index is -1.01. The maximum Gasteiger partial charge on any atom is 0.259 e. The Balaban J connectivity index is 1.54. The molecule has 1 aliphatic heterocycles. The summed E-state index contributed by atoms with van der Waals surface area (Å²) < 4.78 is 1.58. The lowest BCUT2D eigenvalue weighted by Gasteiger charge is -2.38. The highest BCUT2D eigenvalue weighted by atomic mass is 35.5. The number of nitrogens with zero attached hydrogens (tertiary/aromatic N) is 4. The molecule has 25 heavy (non-hydrogen) atoms. The first-order chi connectivity index (χ1) is 12.1. The Morgan fingerprint density at radius 2 is 1.96 bits per heavy atom. The molecule has 0 spiro atoms. The minimum absolute atomic E-state index is 0.116. The van der Waals surface area contributed by atoms with Crippen LogP contribution in [0.5, 0.6) is 0 Å². The predicted octanol–water partition coefficient (Wildman–Crippen LogP) is 2.51. The summed E-state index contributed by atoms with van der Waals surface area (Å²) in [7, 11) is 0. The first kappa shape index (κ1) is 16.1. The van der Waals surface area contributed by atoms with Crippen LogP contribution < -0.4 is 0 Å².